The van der Waals surface area contributed by atoms with E-state index in [0.717, 1.165) is 37.7 Å². The van der Waals surface area contributed by atoms with Gasteiger partial charge < -0.3 is 15.0 Å². The lowest BCUT2D eigenvalue weighted by atomic mass is 10.1. The van der Waals surface area contributed by atoms with Crippen LogP contribution in [0.2, 0.25) is 5.02 Å². The monoisotopic (exact) mass is 297 g/mol. The summed E-state index contributed by atoms with van der Waals surface area (Å²) in [5.74, 6) is 0.863. The molecule has 1 fully saturated rings. The number of anilines is 1. The zero-order chi connectivity index (χ0) is 14.8. The van der Waals surface area contributed by atoms with E-state index in [-0.39, 0.29) is 5.54 Å². The highest BCUT2D eigenvalue weighted by Crippen LogP contribution is 2.27. The second-order valence-corrected chi connectivity index (χ2v) is 6.78. The van der Waals surface area contributed by atoms with Crippen molar-refractivity contribution in [2.45, 2.75) is 45.8 Å². The molecule has 1 aliphatic rings. The van der Waals surface area contributed by atoms with Gasteiger partial charge >= 0.3 is 0 Å². The standard InChI is InChI=1S/C15H24ClN3O/c1-11-10-20-6-5-19(11)14-13(16)7-12(8-17-14)9-18-15(2,3)4/h7-8,11,18H,5-6,9-10H2,1-4H3. The summed E-state index contributed by atoms with van der Waals surface area (Å²) in [5, 5.41) is 4.16. The average molecular weight is 298 g/mol. The number of hydrogen-bond acceptors (Lipinski definition) is 4. The van der Waals surface area contributed by atoms with Crippen LogP contribution >= 0.6 is 11.6 Å². The molecule has 2 heterocycles. The Balaban J connectivity index is 2.09. The first kappa shape index (κ1) is 15.5. The van der Waals surface area contributed by atoms with Crippen LogP contribution in [-0.2, 0) is 11.3 Å². The summed E-state index contributed by atoms with van der Waals surface area (Å²) in [5.41, 5.74) is 1.19. The van der Waals surface area contributed by atoms with Crippen molar-refractivity contribution in [2.24, 2.45) is 0 Å². The number of ether oxygens (including phenoxy) is 1. The molecular formula is C15H24ClN3O. The van der Waals surface area contributed by atoms with Crippen LogP contribution in [-0.4, -0.2) is 36.3 Å². The molecule has 1 aliphatic heterocycles. The SMILES string of the molecule is CC1COCCN1c1ncc(CNC(C)(C)C)cc1Cl. The first-order valence-electron chi connectivity index (χ1n) is 7.10. The van der Waals surface area contributed by atoms with Gasteiger partial charge in [0.05, 0.1) is 24.3 Å². The predicted molar refractivity (Wildman–Crippen MR) is 83.5 cm³/mol. The van der Waals surface area contributed by atoms with Crippen LogP contribution in [0.4, 0.5) is 5.82 Å². The molecule has 1 aromatic rings. The third kappa shape index (κ3) is 4.08. The summed E-state index contributed by atoms with van der Waals surface area (Å²) in [6.45, 7) is 11.6. The van der Waals surface area contributed by atoms with Gasteiger partial charge in [-0.25, -0.2) is 4.98 Å². The summed E-state index contributed by atoms with van der Waals surface area (Å²) in [6, 6.07) is 2.32. The van der Waals surface area contributed by atoms with Crippen LogP contribution < -0.4 is 10.2 Å². The Morgan fingerprint density at radius 2 is 2.25 bits per heavy atom. The van der Waals surface area contributed by atoms with Crippen LogP contribution in [0.1, 0.15) is 33.3 Å². The van der Waals surface area contributed by atoms with Gasteiger partial charge in [-0.05, 0) is 39.3 Å². The third-order valence-corrected chi connectivity index (χ3v) is 3.62. The molecule has 0 amide bonds. The topological polar surface area (TPSA) is 37.4 Å². The maximum absolute atomic E-state index is 6.41. The van der Waals surface area contributed by atoms with Crippen LogP contribution in [0.15, 0.2) is 12.3 Å². The van der Waals surface area contributed by atoms with Crippen molar-refractivity contribution in [3.8, 4) is 0 Å². The van der Waals surface area contributed by atoms with E-state index in [1.54, 1.807) is 0 Å². The minimum atomic E-state index is 0.0872. The van der Waals surface area contributed by atoms with Crippen molar-refractivity contribution >= 4 is 17.4 Å². The smallest absolute Gasteiger partial charge is 0.147 e. The Morgan fingerprint density at radius 3 is 2.85 bits per heavy atom. The minimum absolute atomic E-state index is 0.0872. The fourth-order valence-electron chi connectivity index (χ4n) is 2.19. The van der Waals surface area contributed by atoms with E-state index in [4.69, 9.17) is 16.3 Å². The molecule has 1 atom stereocenters. The largest absolute Gasteiger partial charge is 0.377 e. The van der Waals surface area contributed by atoms with Crippen molar-refractivity contribution < 1.29 is 4.74 Å². The number of nitrogens with one attached hydrogen (secondary N) is 1. The Bertz CT molecular complexity index is 459. The molecule has 1 N–H and O–H groups in total. The van der Waals surface area contributed by atoms with Crippen molar-refractivity contribution in [2.75, 3.05) is 24.7 Å². The molecule has 2 rings (SSSR count). The molecule has 0 aliphatic carbocycles. The Kier molecular flexibility index (Phi) is 4.89. The van der Waals surface area contributed by atoms with Gasteiger partial charge in [0.2, 0.25) is 0 Å². The summed E-state index contributed by atoms with van der Waals surface area (Å²) in [6.07, 6.45) is 1.90. The Hall–Kier alpha value is -0.840. The average Bonchev–Trinajstić information content (AvgIpc) is 2.37. The summed E-state index contributed by atoms with van der Waals surface area (Å²) in [7, 11) is 0. The molecule has 0 bridgehead atoms. The first-order valence-corrected chi connectivity index (χ1v) is 7.48. The summed E-state index contributed by atoms with van der Waals surface area (Å²) >= 11 is 6.41. The molecule has 4 nitrogen and oxygen atoms in total. The molecule has 0 radical (unpaired) electrons. The van der Waals surface area contributed by atoms with Crippen molar-refractivity contribution in [1.82, 2.24) is 10.3 Å². The molecular weight excluding hydrogens is 274 g/mol. The van der Waals surface area contributed by atoms with Crippen molar-refractivity contribution in [3.63, 3.8) is 0 Å². The number of halogens is 1. The van der Waals surface area contributed by atoms with Crippen LogP contribution in [0, 0.1) is 0 Å². The van der Waals surface area contributed by atoms with E-state index >= 15 is 0 Å². The van der Waals surface area contributed by atoms with Gasteiger partial charge in [0.25, 0.3) is 0 Å². The van der Waals surface area contributed by atoms with Crippen LogP contribution in [0.3, 0.4) is 0 Å². The summed E-state index contributed by atoms with van der Waals surface area (Å²) in [4.78, 5) is 6.77. The number of morpholine rings is 1. The van der Waals surface area contributed by atoms with E-state index in [1.807, 2.05) is 12.3 Å². The molecule has 1 saturated heterocycles. The second kappa shape index (κ2) is 6.29. The Labute approximate surface area is 126 Å². The fraction of sp³-hybridized carbons (Fsp3) is 0.667. The maximum Gasteiger partial charge on any atom is 0.147 e. The molecule has 1 aromatic heterocycles. The Morgan fingerprint density at radius 1 is 1.50 bits per heavy atom. The van der Waals surface area contributed by atoms with Gasteiger partial charge in [-0.15, -0.1) is 0 Å². The van der Waals surface area contributed by atoms with E-state index in [1.165, 1.54) is 0 Å². The molecule has 112 valence electrons. The van der Waals surface area contributed by atoms with Crippen LogP contribution in [0.25, 0.3) is 0 Å². The third-order valence-electron chi connectivity index (χ3n) is 3.34. The quantitative estimate of drug-likeness (QED) is 0.931. The molecule has 0 aromatic carbocycles. The molecule has 1 unspecified atom stereocenters. The zero-order valence-corrected chi connectivity index (χ0v) is 13.5. The van der Waals surface area contributed by atoms with E-state index in [0.29, 0.717) is 11.1 Å². The molecule has 5 heteroatoms. The molecule has 0 spiro atoms. The lowest BCUT2D eigenvalue weighted by molar-refractivity contribution is 0.0985. The van der Waals surface area contributed by atoms with Gasteiger partial charge in [0, 0.05) is 24.8 Å². The number of nitrogens with zero attached hydrogens (tertiary/aromatic N) is 2. The minimum Gasteiger partial charge on any atom is -0.377 e. The number of rotatable bonds is 3. The lowest BCUT2D eigenvalue weighted by Gasteiger charge is -2.34. The van der Waals surface area contributed by atoms with Crippen molar-refractivity contribution in [1.29, 1.82) is 0 Å². The van der Waals surface area contributed by atoms with Crippen LogP contribution in [0.5, 0.6) is 0 Å². The van der Waals surface area contributed by atoms with E-state index in [2.05, 4.69) is 42.9 Å². The highest BCUT2D eigenvalue weighted by atomic mass is 35.5. The fourth-order valence-corrected chi connectivity index (χ4v) is 2.48. The maximum atomic E-state index is 6.41. The highest BCUT2D eigenvalue weighted by molar-refractivity contribution is 6.33. The lowest BCUT2D eigenvalue weighted by Crippen LogP contribution is -2.44. The van der Waals surface area contributed by atoms with Gasteiger partial charge in [-0.2, -0.15) is 0 Å². The van der Waals surface area contributed by atoms with Gasteiger partial charge in [-0.1, -0.05) is 11.6 Å². The highest BCUT2D eigenvalue weighted by Gasteiger charge is 2.22. The zero-order valence-electron chi connectivity index (χ0n) is 12.7. The number of pyridine rings is 1. The molecule has 0 saturated carbocycles. The molecule has 20 heavy (non-hydrogen) atoms. The number of aromatic nitrogens is 1. The van der Waals surface area contributed by atoms with Gasteiger partial charge in [0.15, 0.2) is 0 Å². The second-order valence-electron chi connectivity index (χ2n) is 6.37. The van der Waals surface area contributed by atoms with E-state index < -0.39 is 0 Å². The first-order chi connectivity index (χ1) is 9.37. The number of hydrogen-bond donors (Lipinski definition) is 1. The normalized spacial score (nSPS) is 20.2. The van der Waals surface area contributed by atoms with Crippen molar-refractivity contribution in [3.05, 3.63) is 22.8 Å². The van der Waals surface area contributed by atoms with Gasteiger partial charge in [-0.3, -0.25) is 0 Å². The predicted octanol–water partition coefficient (Wildman–Crippen LogP) is 2.85. The van der Waals surface area contributed by atoms with E-state index in [9.17, 15) is 0 Å². The summed E-state index contributed by atoms with van der Waals surface area (Å²) < 4.78 is 5.45. The van der Waals surface area contributed by atoms with Gasteiger partial charge in [0.1, 0.15) is 5.82 Å².